The molecule has 142 valence electrons. The van der Waals surface area contributed by atoms with E-state index in [0.29, 0.717) is 18.8 Å². The van der Waals surface area contributed by atoms with Crippen LogP contribution in [0.5, 0.6) is 5.75 Å². The fourth-order valence-electron chi connectivity index (χ4n) is 3.64. The highest BCUT2D eigenvalue weighted by Crippen LogP contribution is 2.27. The Kier molecular flexibility index (Phi) is 6.24. The van der Waals surface area contributed by atoms with Gasteiger partial charge in [-0.25, -0.2) is 9.69 Å². The molecule has 3 rings (SSSR count). The molecule has 26 heavy (non-hydrogen) atoms. The minimum Gasteiger partial charge on any atom is -0.477 e. The number of nitrogens with zero attached hydrogens (tertiary/aromatic N) is 2. The Bertz CT molecular complexity index is 612. The monoisotopic (exact) mass is 361 g/mol. The molecule has 0 aliphatic carbocycles. The van der Waals surface area contributed by atoms with Crippen molar-refractivity contribution in [3.63, 3.8) is 0 Å². The molecule has 7 heteroatoms. The van der Waals surface area contributed by atoms with Crippen molar-refractivity contribution in [2.75, 3.05) is 45.8 Å². The van der Waals surface area contributed by atoms with E-state index in [1.165, 1.54) is 0 Å². The van der Waals surface area contributed by atoms with Crippen molar-refractivity contribution in [3.05, 3.63) is 30.3 Å². The first-order valence-electron chi connectivity index (χ1n) is 9.32. The minimum atomic E-state index is -1.97. The summed E-state index contributed by atoms with van der Waals surface area (Å²) in [5, 5.41) is 13.4. The number of Topliss-reactive ketones (excluding diaryl/α,β-unsaturated/α-hetero) is 1. The zero-order valence-corrected chi connectivity index (χ0v) is 15.0. The van der Waals surface area contributed by atoms with Gasteiger partial charge in [-0.15, -0.1) is 0 Å². The van der Waals surface area contributed by atoms with Gasteiger partial charge in [0.15, 0.2) is 0 Å². The lowest BCUT2D eigenvalue weighted by molar-refractivity contribution is -0.184. The van der Waals surface area contributed by atoms with Crippen LogP contribution in [0, 0.1) is 0 Å². The van der Waals surface area contributed by atoms with E-state index in [1.54, 1.807) is 29.2 Å². The molecule has 1 aromatic carbocycles. The predicted molar refractivity (Wildman–Crippen MR) is 97.2 cm³/mol. The van der Waals surface area contributed by atoms with E-state index >= 15 is 0 Å². The van der Waals surface area contributed by atoms with Crippen LogP contribution in [-0.2, 0) is 9.59 Å². The fourth-order valence-corrected chi connectivity index (χ4v) is 3.64. The summed E-state index contributed by atoms with van der Waals surface area (Å²) >= 11 is 0. The van der Waals surface area contributed by atoms with Crippen LogP contribution in [0.15, 0.2) is 30.3 Å². The summed E-state index contributed by atoms with van der Waals surface area (Å²) in [5.41, 5.74) is -1.97. The highest BCUT2D eigenvalue weighted by atomic mass is 16.6. The number of piperazine rings is 1. The van der Waals surface area contributed by atoms with Gasteiger partial charge < -0.3 is 15.2 Å². The van der Waals surface area contributed by atoms with Crippen LogP contribution in [0.2, 0.25) is 0 Å². The van der Waals surface area contributed by atoms with E-state index in [4.69, 9.17) is 4.74 Å². The molecule has 2 heterocycles. The van der Waals surface area contributed by atoms with Crippen LogP contribution in [-0.4, -0.2) is 78.2 Å². The topological polar surface area (TPSA) is 82.1 Å². The van der Waals surface area contributed by atoms with Crippen LogP contribution in [0.25, 0.3) is 0 Å². The molecule has 0 aromatic heterocycles. The Morgan fingerprint density at radius 2 is 1.69 bits per heavy atom. The van der Waals surface area contributed by atoms with Gasteiger partial charge in [-0.05, 0) is 25.0 Å². The number of ketones is 1. The molecule has 0 radical (unpaired) electrons. The number of hydrogen-bond donors (Lipinski definition) is 2. The molecule has 2 aliphatic heterocycles. The van der Waals surface area contributed by atoms with Gasteiger partial charge in [-0.3, -0.25) is 9.69 Å². The molecule has 0 spiro atoms. The first-order chi connectivity index (χ1) is 12.6. The maximum atomic E-state index is 13.3. The summed E-state index contributed by atoms with van der Waals surface area (Å²) in [5.74, 6) is -1.24. The van der Waals surface area contributed by atoms with Gasteiger partial charge in [0.25, 0.3) is 0 Å². The van der Waals surface area contributed by atoms with Crippen LogP contribution in [0.1, 0.15) is 19.3 Å². The van der Waals surface area contributed by atoms with Crippen molar-refractivity contribution in [2.45, 2.75) is 25.0 Å². The number of ether oxygens (including phenoxy) is 1. The number of piperidine rings is 1. The van der Waals surface area contributed by atoms with Gasteiger partial charge in [-0.1, -0.05) is 24.6 Å². The predicted octanol–water partition coefficient (Wildman–Crippen LogP) is 0.807. The zero-order valence-electron chi connectivity index (χ0n) is 15.0. The lowest BCUT2D eigenvalue weighted by Gasteiger charge is -2.42. The van der Waals surface area contributed by atoms with Crippen molar-refractivity contribution in [3.8, 4) is 5.75 Å². The van der Waals surface area contributed by atoms with Crippen LogP contribution in [0.4, 0.5) is 0 Å². The summed E-state index contributed by atoms with van der Waals surface area (Å²) in [6.45, 7) is 4.24. The third-order valence-electron chi connectivity index (χ3n) is 5.05. The summed E-state index contributed by atoms with van der Waals surface area (Å²) in [4.78, 5) is 29.4. The van der Waals surface area contributed by atoms with E-state index < -0.39 is 17.5 Å². The number of aliphatic carboxylic acids is 1. The number of para-hydroxylation sites is 1. The average Bonchev–Trinajstić information content (AvgIpc) is 2.68. The highest BCUT2D eigenvalue weighted by molar-refractivity contribution is 6.07. The second-order valence-electron chi connectivity index (χ2n) is 6.86. The molecule has 2 fully saturated rings. The summed E-state index contributed by atoms with van der Waals surface area (Å²) in [7, 11) is 0. The van der Waals surface area contributed by atoms with Gasteiger partial charge >= 0.3 is 11.7 Å². The zero-order chi connectivity index (χ0) is 18.4. The molecule has 1 aromatic rings. The Balaban J connectivity index is 1.89. The molecule has 2 saturated heterocycles. The fraction of sp³-hybridized carbons (Fsp3) is 0.579. The van der Waals surface area contributed by atoms with E-state index in [0.717, 1.165) is 45.4 Å². The normalized spacial score (nSPS) is 21.7. The van der Waals surface area contributed by atoms with Crippen LogP contribution >= 0.6 is 0 Å². The number of carboxylic acid groups (broad SMARTS) is 1. The Morgan fingerprint density at radius 1 is 1.04 bits per heavy atom. The number of carbonyl (C=O) groups excluding carboxylic acids is 1. The van der Waals surface area contributed by atoms with Gasteiger partial charge in [0.2, 0.25) is 5.78 Å². The Hall–Kier alpha value is -1.96. The first-order valence-corrected chi connectivity index (χ1v) is 9.32. The molecule has 0 saturated carbocycles. The van der Waals surface area contributed by atoms with Crippen molar-refractivity contribution in [2.24, 2.45) is 0 Å². The molecule has 2 N–H and O–H groups in total. The van der Waals surface area contributed by atoms with E-state index in [2.05, 4.69) is 5.32 Å². The third-order valence-corrected chi connectivity index (χ3v) is 5.05. The standard InChI is InChI=1S/C19H27N3O4/c23-17(15-21-13-9-20-10-14-21)19(18(24)25,22-11-5-2-6-12-22)26-16-7-3-1-4-8-16/h1,3-4,7-8,20H,2,5-6,9-15H2,(H,24,25). The number of carboxylic acids is 1. The van der Waals surface area contributed by atoms with E-state index in [-0.39, 0.29) is 6.54 Å². The minimum absolute atomic E-state index is 0.0807. The number of hydrogen-bond acceptors (Lipinski definition) is 6. The highest BCUT2D eigenvalue weighted by Gasteiger charge is 2.54. The quantitative estimate of drug-likeness (QED) is 0.696. The Morgan fingerprint density at radius 3 is 2.31 bits per heavy atom. The molecule has 2 aliphatic rings. The molecule has 0 bridgehead atoms. The van der Waals surface area contributed by atoms with Crippen molar-refractivity contribution < 1.29 is 19.4 Å². The number of carbonyl (C=O) groups is 2. The van der Waals surface area contributed by atoms with E-state index in [9.17, 15) is 14.7 Å². The second-order valence-corrected chi connectivity index (χ2v) is 6.86. The smallest absolute Gasteiger partial charge is 0.372 e. The van der Waals surface area contributed by atoms with Crippen LogP contribution < -0.4 is 10.1 Å². The second kappa shape index (κ2) is 8.62. The number of benzene rings is 1. The maximum absolute atomic E-state index is 13.3. The number of nitrogens with one attached hydrogen (secondary N) is 1. The SMILES string of the molecule is O=C(O)C(Oc1ccccc1)(C(=O)CN1CCNCC1)N1CCCCC1. The lowest BCUT2D eigenvalue weighted by Crippen LogP contribution is -2.67. The summed E-state index contributed by atoms with van der Waals surface area (Å²) in [6, 6.07) is 8.77. The number of rotatable bonds is 7. The van der Waals surface area contributed by atoms with Crippen LogP contribution in [0.3, 0.4) is 0 Å². The van der Waals surface area contributed by atoms with Gasteiger partial charge in [0, 0.05) is 39.3 Å². The third kappa shape index (κ3) is 4.06. The van der Waals surface area contributed by atoms with Crippen molar-refractivity contribution >= 4 is 11.8 Å². The molecular weight excluding hydrogens is 334 g/mol. The average molecular weight is 361 g/mol. The van der Waals surface area contributed by atoms with Gasteiger partial charge in [-0.2, -0.15) is 0 Å². The van der Waals surface area contributed by atoms with Gasteiger partial charge in [0.05, 0.1) is 6.54 Å². The number of likely N-dealkylation sites (tertiary alicyclic amines) is 1. The summed E-state index contributed by atoms with van der Waals surface area (Å²) in [6.07, 6.45) is 2.78. The van der Waals surface area contributed by atoms with Gasteiger partial charge in [0.1, 0.15) is 5.75 Å². The molecule has 0 amide bonds. The Labute approximate surface area is 153 Å². The molecule has 7 nitrogen and oxygen atoms in total. The largest absolute Gasteiger partial charge is 0.477 e. The molecular formula is C19H27N3O4. The first kappa shape index (κ1) is 18.8. The van der Waals surface area contributed by atoms with Crippen molar-refractivity contribution in [1.82, 2.24) is 15.1 Å². The van der Waals surface area contributed by atoms with Crippen molar-refractivity contribution in [1.29, 1.82) is 0 Å². The maximum Gasteiger partial charge on any atom is 0.372 e. The molecule has 1 atom stereocenters. The lowest BCUT2D eigenvalue weighted by atomic mass is 10.0. The molecule has 1 unspecified atom stereocenters. The van der Waals surface area contributed by atoms with E-state index in [1.807, 2.05) is 11.0 Å². The summed E-state index contributed by atoms with van der Waals surface area (Å²) < 4.78 is 5.94.